The summed E-state index contributed by atoms with van der Waals surface area (Å²) in [6, 6.07) is 7.95. The molecule has 1 aliphatic heterocycles. The summed E-state index contributed by atoms with van der Waals surface area (Å²) >= 11 is 1.15. The van der Waals surface area contributed by atoms with Gasteiger partial charge >= 0.3 is 0 Å². The normalized spacial score (nSPS) is 14.3. The van der Waals surface area contributed by atoms with E-state index in [2.05, 4.69) is 25.1 Å². The van der Waals surface area contributed by atoms with E-state index in [1.807, 2.05) is 0 Å². The molecule has 0 bridgehead atoms. The van der Waals surface area contributed by atoms with Crippen molar-refractivity contribution >= 4 is 23.6 Å². The van der Waals surface area contributed by atoms with Crippen LogP contribution in [0.2, 0.25) is 0 Å². The van der Waals surface area contributed by atoms with Crippen LogP contribution in [-0.4, -0.2) is 62.9 Å². The second kappa shape index (κ2) is 8.34. The molecular weight excluding hydrogens is 383 g/mol. The Bertz CT molecular complexity index is 946. The quantitative estimate of drug-likeness (QED) is 0.602. The molecule has 3 aromatic rings. The Hall–Kier alpha value is -3.01. The second-order valence-electron chi connectivity index (χ2n) is 6.06. The Morgan fingerprint density at radius 2 is 1.82 bits per heavy atom. The van der Waals surface area contributed by atoms with Crippen LogP contribution in [0.4, 0.5) is 10.3 Å². The van der Waals surface area contributed by atoms with Gasteiger partial charge in [0.05, 0.1) is 11.3 Å². The molecule has 1 saturated heterocycles. The van der Waals surface area contributed by atoms with E-state index in [9.17, 15) is 9.18 Å². The first-order chi connectivity index (χ1) is 13.7. The molecule has 0 radical (unpaired) electrons. The lowest BCUT2D eigenvalue weighted by Crippen LogP contribution is -2.49. The van der Waals surface area contributed by atoms with Gasteiger partial charge in [-0.2, -0.15) is 0 Å². The van der Waals surface area contributed by atoms with Crippen LogP contribution in [0.5, 0.6) is 0 Å². The van der Waals surface area contributed by atoms with Crippen molar-refractivity contribution in [2.24, 2.45) is 0 Å². The van der Waals surface area contributed by atoms with Gasteiger partial charge in [-0.25, -0.2) is 14.4 Å². The number of piperazine rings is 1. The molecule has 28 heavy (non-hydrogen) atoms. The molecule has 1 fully saturated rings. The molecule has 3 heterocycles. The van der Waals surface area contributed by atoms with Crippen molar-refractivity contribution < 1.29 is 13.6 Å². The maximum atomic E-state index is 13.8. The molecule has 0 N–H and O–H groups in total. The standard InChI is InChI=1S/C18H17FN6O2S/c19-14-5-2-1-4-13(14)16-22-23-18(27-16)28-12-15(26)24-8-10-25(11-9-24)17-20-6-3-7-21-17/h1-7H,8-12H2. The van der Waals surface area contributed by atoms with Crippen molar-refractivity contribution in [2.45, 2.75) is 5.22 Å². The number of benzene rings is 1. The lowest BCUT2D eigenvalue weighted by Gasteiger charge is -2.34. The fraction of sp³-hybridized carbons (Fsp3) is 0.278. The van der Waals surface area contributed by atoms with Crippen LogP contribution in [-0.2, 0) is 4.79 Å². The largest absolute Gasteiger partial charge is 0.411 e. The molecule has 0 saturated carbocycles. The molecule has 8 nitrogen and oxygen atoms in total. The van der Waals surface area contributed by atoms with E-state index in [-0.39, 0.29) is 28.3 Å². The highest BCUT2D eigenvalue weighted by Gasteiger charge is 2.23. The molecule has 1 aromatic carbocycles. The Morgan fingerprint density at radius 3 is 2.57 bits per heavy atom. The number of aromatic nitrogens is 4. The summed E-state index contributed by atoms with van der Waals surface area (Å²) in [4.78, 5) is 24.8. The van der Waals surface area contributed by atoms with E-state index in [1.54, 1.807) is 41.6 Å². The molecule has 10 heteroatoms. The predicted molar refractivity (Wildman–Crippen MR) is 101 cm³/mol. The first-order valence-corrected chi connectivity index (χ1v) is 9.70. The summed E-state index contributed by atoms with van der Waals surface area (Å²) in [5.74, 6) is 0.518. The van der Waals surface area contributed by atoms with E-state index in [0.717, 1.165) is 11.8 Å². The van der Waals surface area contributed by atoms with Crippen LogP contribution in [0.3, 0.4) is 0 Å². The molecule has 144 valence electrons. The van der Waals surface area contributed by atoms with Gasteiger partial charge in [-0.1, -0.05) is 23.9 Å². The number of carbonyl (C=O) groups is 1. The molecule has 0 atom stereocenters. The summed E-state index contributed by atoms with van der Waals surface area (Å²) in [7, 11) is 0. The zero-order chi connectivity index (χ0) is 19.3. The molecule has 0 unspecified atom stereocenters. The number of carbonyl (C=O) groups excluding carboxylic acids is 1. The third kappa shape index (κ3) is 4.11. The van der Waals surface area contributed by atoms with Crippen LogP contribution in [0.1, 0.15) is 0 Å². The van der Waals surface area contributed by atoms with Crippen LogP contribution >= 0.6 is 11.8 Å². The van der Waals surface area contributed by atoms with E-state index >= 15 is 0 Å². The zero-order valence-electron chi connectivity index (χ0n) is 14.9. The lowest BCUT2D eigenvalue weighted by atomic mass is 10.2. The third-order valence-electron chi connectivity index (χ3n) is 4.30. The highest BCUT2D eigenvalue weighted by molar-refractivity contribution is 7.99. The maximum Gasteiger partial charge on any atom is 0.277 e. The summed E-state index contributed by atoms with van der Waals surface area (Å²) < 4.78 is 19.3. The Balaban J connectivity index is 1.29. The van der Waals surface area contributed by atoms with E-state index in [1.165, 1.54) is 6.07 Å². The van der Waals surface area contributed by atoms with Crippen molar-refractivity contribution in [1.29, 1.82) is 0 Å². The smallest absolute Gasteiger partial charge is 0.277 e. The van der Waals surface area contributed by atoms with E-state index in [4.69, 9.17) is 4.42 Å². The fourth-order valence-electron chi connectivity index (χ4n) is 2.84. The zero-order valence-corrected chi connectivity index (χ0v) is 15.7. The minimum Gasteiger partial charge on any atom is -0.411 e. The summed E-state index contributed by atoms with van der Waals surface area (Å²) in [5.41, 5.74) is 0.243. The Morgan fingerprint density at radius 1 is 1.07 bits per heavy atom. The number of thioether (sulfide) groups is 1. The molecule has 1 amide bonds. The minimum absolute atomic E-state index is 0.00993. The average Bonchev–Trinajstić information content (AvgIpc) is 3.22. The second-order valence-corrected chi connectivity index (χ2v) is 6.98. The first-order valence-electron chi connectivity index (χ1n) is 8.71. The van der Waals surface area contributed by atoms with Crippen molar-refractivity contribution in [3.8, 4) is 11.5 Å². The van der Waals surface area contributed by atoms with Crippen LogP contribution in [0.15, 0.2) is 52.4 Å². The van der Waals surface area contributed by atoms with Crippen LogP contribution in [0, 0.1) is 5.82 Å². The molecule has 0 spiro atoms. The van der Waals surface area contributed by atoms with Crippen LogP contribution in [0.25, 0.3) is 11.5 Å². The third-order valence-corrected chi connectivity index (χ3v) is 5.10. The summed E-state index contributed by atoms with van der Waals surface area (Å²) in [6.45, 7) is 2.56. The topological polar surface area (TPSA) is 88.3 Å². The highest BCUT2D eigenvalue weighted by Crippen LogP contribution is 2.25. The lowest BCUT2D eigenvalue weighted by molar-refractivity contribution is -0.128. The molecule has 0 aliphatic carbocycles. The van der Waals surface area contributed by atoms with Gasteiger partial charge in [0.1, 0.15) is 5.82 Å². The maximum absolute atomic E-state index is 13.8. The van der Waals surface area contributed by atoms with Crippen molar-refractivity contribution in [2.75, 3.05) is 36.8 Å². The number of nitrogens with zero attached hydrogens (tertiary/aromatic N) is 6. The van der Waals surface area contributed by atoms with Crippen molar-refractivity contribution in [3.63, 3.8) is 0 Å². The molecule has 4 rings (SSSR count). The number of hydrogen-bond donors (Lipinski definition) is 0. The van der Waals surface area contributed by atoms with Crippen molar-refractivity contribution in [1.82, 2.24) is 25.1 Å². The molecular formula is C18H17FN6O2S. The number of hydrogen-bond acceptors (Lipinski definition) is 8. The minimum atomic E-state index is -0.431. The SMILES string of the molecule is O=C(CSc1nnc(-c2ccccc2F)o1)N1CCN(c2ncccn2)CC1. The first kappa shape index (κ1) is 18.4. The van der Waals surface area contributed by atoms with Crippen LogP contribution < -0.4 is 4.90 Å². The van der Waals surface area contributed by atoms with Gasteiger partial charge in [0, 0.05) is 38.6 Å². The molecule has 1 aliphatic rings. The monoisotopic (exact) mass is 400 g/mol. The van der Waals surface area contributed by atoms with E-state index < -0.39 is 5.82 Å². The summed E-state index contributed by atoms with van der Waals surface area (Å²) in [6.07, 6.45) is 3.41. The highest BCUT2D eigenvalue weighted by atomic mass is 32.2. The van der Waals surface area contributed by atoms with E-state index in [0.29, 0.717) is 32.1 Å². The van der Waals surface area contributed by atoms with Gasteiger partial charge in [0.2, 0.25) is 11.9 Å². The molecule has 2 aromatic heterocycles. The van der Waals surface area contributed by atoms with Gasteiger partial charge in [-0.3, -0.25) is 4.79 Å². The number of amides is 1. The van der Waals surface area contributed by atoms with Gasteiger partial charge in [0.15, 0.2) is 0 Å². The van der Waals surface area contributed by atoms with Gasteiger partial charge in [0.25, 0.3) is 11.1 Å². The van der Waals surface area contributed by atoms with Gasteiger partial charge in [-0.05, 0) is 18.2 Å². The van der Waals surface area contributed by atoms with Gasteiger partial charge in [-0.15, -0.1) is 10.2 Å². The summed E-state index contributed by atoms with van der Waals surface area (Å²) in [5, 5.41) is 7.98. The van der Waals surface area contributed by atoms with Gasteiger partial charge < -0.3 is 14.2 Å². The average molecular weight is 400 g/mol. The number of rotatable bonds is 5. The Kier molecular flexibility index (Phi) is 5.47. The Labute approximate surface area is 164 Å². The number of halogens is 1. The predicted octanol–water partition coefficient (Wildman–Crippen LogP) is 2.11. The van der Waals surface area contributed by atoms with Crippen molar-refractivity contribution in [3.05, 3.63) is 48.5 Å². The fourth-order valence-corrected chi connectivity index (χ4v) is 3.50. The number of anilines is 1.